The molecular weight excluding hydrogens is 236 g/mol. The molecule has 90 valence electrons. The summed E-state index contributed by atoms with van der Waals surface area (Å²) in [5.41, 5.74) is 1.94. The second-order valence-electron chi connectivity index (χ2n) is 4.84. The van der Waals surface area contributed by atoms with E-state index in [4.69, 9.17) is 5.11 Å². The molecule has 0 spiro atoms. The third-order valence-electron chi connectivity index (χ3n) is 2.44. The number of nitrogens with zero attached hydrogens (tertiary/aromatic N) is 2. The van der Waals surface area contributed by atoms with Gasteiger partial charge in [-0.25, -0.2) is 9.78 Å². The van der Waals surface area contributed by atoms with Crippen LogP contribution in [0.2, 0.25) is 0 Å². The Kier molecular flexibility index (Phi) is 2.79. The zero-order valence-corrected chi connectivity index (χ0v) is 10.8. The fourth-order valence-electron chi connectivity index (χ4n) is 1.62. The summed E-state index contributed by atoms with van der Waals surface area (Å²) < 4.78 is 2.00. The number of imidazole rings is 1. The summed E-state index contributed by atoms with van der Waals surface area (Å²) in [6.07, 6.45) is 4.40. The highest BCUT2D eigenvalue weighted by Crippen LogP contribution is 2.28. The number of hydrogen-bond donors (Lipinski definition) is 1. The minimum Gasteiger partial charge on any atom is -0.478 e. The van der Waals surface area contributed by atoms with E-state index in [9.17, 15) is 4.79 Å². The maximum atomic E-state index is 10.5. The van der Waals surface area contributed by atoms with E-state index in [-0.39, 0.29) is 5.41 Å². The lowest BCUT2D eigenvalue weighted by Gasteiger charge is -2.17. The molecule has 0 aliphatic carbocycles. The van der Waals surface area contributed by atoms with E-state index >= 15 is 0 Å². The molecule has 2 heterocycles. The van der Waals surface area contributed by atoms with Gasteiger partial charge in [-0.1, -0.05) is 20.8 Å². The Morgan fingerprint density at radius 1 is 1.53 bits per heavy atom. The van der Waals surface area contributed by atoms with Crippen LogP contribution in [0.4, 0.5) is 0 Å². The number of aromatic nitrogens is 2. The minimum atomic E-state index is -0.951. The largest absolute Gasteiger partial charge is 0.478 e. The standard InChI is InChI=1S/C12H14N2O2S/c1-12(2,3)9-7-17-11-13-6-8(14(9)11)4-5-10(15)16/h4-7H,1-3H3,(H,15,16)/b5-4+. The van der Waals surface area contributed by atoms with Crippen LogP contribution in [0.15, 0.2) is 17.7 Å². The molecule has 0 aliphatic heterocycles. The molecule has 0 bridgehead atoms. The molecule has 0 atom stereocenters. The molecule has 2 aromatic heterocycles. The number of rotatable bonds is 2. The van der Waals surface area contributed by atoms with Gasteiger partial charge in [0.1, 0.15) is 0 Å². The highest BCUT2D eigenvalue weighted by Gasteiger charge is 2.20. The maximum absolute atomic E-state index is 10.5. The molecule has 0 unspecified atom stereocenters. The van der Waals surface area contributed by atoms with Gasteiger partial charge >= 0.3 is 5.97 Å². The Bertz CT molecular complexity index is 587. The highest BCUT2D eigenvalue weighted by atomic mass is 32.1. The summed E-state index contributed by atoms with van der Waals surface area (Å²) in [6, 6.07) is 0. The molecule has 2 aromatic rings. The van der Waals surface area contributed by atoms with Crippen molar-refractivity contribution in [1.82, 2.24) is 9.38 Å². The number of carboxylic acid groups (broad SMARTS) is 1. The predicted octanol–water partition coefficient (Wildman–Crippen LogP) is 2.79. The van der Waals surface area contributed by atoms with Crippen molar-refractivity contribution in [1.29, 1.82) is 0 Å². The van der Waals surface area contributed by atoms with E-state index in [1.54, 1.807) is 23.6 Å². The number of aliphatic carboxylic acids is 1. The quantitative estimate of drug-likeness (QED) is 0.834. The lowest BCUT2D eigenvalue weighted by Crippen LogP contribution is -2.14. The first-order valence-electron chi connectivity index (χ1n) is 5.26. The first kappa shape index (κ1) is 11.9. The first-order valence-corrected chi connectivity index (χ1v) is 6.14. The van der Waals surface area contributed by atoms with Crippen LogP contribution in [0.25, 0.3) is 11.0 Å². The second kappa shape index (κ2) is 4.00. The van der Waals surface area contributed by atoms with Crippen molar-refractivity contribution >= 4 is 28.3 Å². The molecule has 0 fully saturated rings. The van der Waals surface area contributed by atoms with E-state index < -0.39 is 5.97 Å². The summed E-state index contributed by atoms with van der Waals surface area (Å²) >= 11 is 1.57. The van der Waals surface area contributed by atoms with Gasteiger partial charge in [0.05, 0.1) is 11.9 Å². The van der Waals surface area contributed by atoms with Gasteiger partial charge < -0.3 is 5.11 Å². The first-order chi connectivity index (χ1) is 7.89. The van der Waals surface area contributed by atoms with Gasteiger partial charge in [0, 0.05) is 22.6 Å². The van der Waals surface area contributed by atoms with Crippen LogP contribution in [-0.2, 0) is 10.2 Å². The molecule has 0 aromatic carbocycles. The molecule has 0 saturated carbocycles. The van der Waals surface area contributed by atoms with E-state index in [1.807, 2.05) is 4.40 Å². The fraction of sp³-hybridized carbons (Fsp3) is 0.333. The monoisotopic (exact) mass is 250 g/mol. The summed E-state index contributed by atoms with van der Waals surface area (Å²) in [6.45, 7) is 6.37. The number of carbonyl (C=O) groups is 1. The predicted molar refractivity (Wildman–Crippen MR) is 68.4 cm³/mol. The number of fused-ring (bicyclic) bond motifs is 1. The van der Waals surface area contributed by atoms with Crippen LogP contribution in [-0.4, -0.2) is 20.5 Å². The van der Waals surface area contributed by atoms with Crippen molar-refractivity contribution in [3.8, 4) is 0 Å². The Balaban J connectivity index is 2.58. The lowest BCUT2D eigenvalue weighted by molar-refractivity contribution is -0.131. The topological polar surface area (TPSA) is 54.6 Å². The molecule has 5 heteroatoms. The third-order valence-corrected chi connectivity index (χ3v) is 3.28. The molecule has 0 saturated heterocycles. The van der Waals surface area contributed by atoms with Crippen LogP contribution in [0, 0.1) is 0 Å². The number of hydrogen-bond acceptors (Lipinski definition) is 3. The van der Waals surface area contributed by atoms with Crippen molar-refractivity contribution in [3.05, 3.63) is 29.0 Å². The van der Waals surface area contributed by atoms with Crippen LogP contribution >= 0.6 is 11.3 Å². The molecule has 17 heavy (non-hydrogen) atoms. The van der Waals surface area contributed by atoms with Crippen molar-refractivity contribution < 1.29 is 9.90 Å². The van der Waals surface area contributed by atoms with E-state index in [0.717, 1.165) is 22.4 Å². The summed E-state index contributed by atoms with van der Waals surface area (Å²) in [5.74, 6) is -0.951. The van der Waals surface area contributed by atoms with Crippen molar-refractivity contribution in [2.75, 3.05) is 0 Å². The minimum absolute atomic E-state index is 0.00473. The Morgan fingerprint density at radius 2 is 2.24 bits per heavy atom. The van der Waals surface area contributed by atoms with E-state index in [2.05, 4.69) is 31.1 Å². The molecule has 4 nitrogen and oxygen atoms in total. The zero-order chi connectivity index (χ0) is 12.6. The van der Waals surface area contributed by atoms with Gasteiger partial charge in [0.15, 0.2) is 4.96 Å². The number of carboxylic acids is 1. The van der Waals surface area contributed by atoms with Gasteiger partial charge in [-0.15, -0.1) is 11.3 Å². The molecule has 0 amide bonds. The summed E-state index contributed by atoms with van der Waals surface area (Å²) in [5, 5.41) is 10.7. The maximum Gasteiger partial charge on any atom is 0.328 e. The third kappa shape index (κ3) is 2.24. The van der Waals surface area contributed by atoms with Crippen LogP contribution < -0.4 is 0 Å². The Hall–Kier alpha value is -1.62. The summed E-state index contributed by atoms with van der Waals surface area (Å²) in [7, 11) is 0. The number of thiazole rings is 1. The average molecular weight is 250 g/mol. The van der Waals surface area contributed by atoms with E-state index in [0.29, 0.717) is 0 Å². The van der Waals surface area contributed by atoms with Crippen molar-refractivity contribution in [2.45, 2.75) is 26.2 Å². The fourth-order valence-corrected chi connectivity index (χ4v) is 2.72. The van der Waals surface area contributed by atoms with Gasteiger partial charge in [0.25, 0.3) is 0 Å². The van der Waals surface area contributed by atoms with Crippen molar-refractivity contribution in [2.24, 2.45) is 0 Å². The smallest absolute Gasteiger partial charge is 0.328 e. The highest BCUT2D eigenvalue weighted by molar-refractivity contribution is 7.15. The van der Waals surface area contributed by atoms with Crippen molar-refractivity contribution in [3.63, 3.8) is 0 Å². The van der Waals surface area contributed by atoms with Gasteiger partial charge in [-0.2, -0.15) is 0 Å². The van der Waals surface area contributed by atoms with Gasteiger partial charge in [0.2, 0.25) is 0 Å². The van der Waals surface area contributed by atoms with Crippen LogP contribution in [0.5, 0.6) is 0 Å². The zero-order valence-electron chi connectivity index (χ0n) is 9.97. The lowest BCUT2D eigenvalue weighted by atomic mass is 9.93. The average Bonchev–Trinajstić information content (AvgIpc) is 2.72. The molecule has 0 radical (unpaired) electrons. The van der Waals surface area contributed by atoms with Crippen LogP contribution in [0.1, 0.15) is 32.2 Å². The SMILES string of the molecule is CC(C)(C)c1csc2ncc(/C=C/C(=O)O)n12. The molecule has 2 rings (SSSR count). The Labute approximate surface area is 103 Å². The normalized spacial score (nSPS) is 12.6. The van der Waals surface area contributed by atoms with Gasteiger partial charge in [-0.3, -0.25) is 4.40 Å². The molecule has 0 aliphatic rings. The Morgan fingerprint density at radius 3 is 2.82 bits per heavy atom. The molecular formula is C12H14N2O2S. The summed E-state index contributed by atoms with van der Waals surface area (Å²) in [4.78, 5) is 15.7. The van der Waals surface area contributed by atoms with E-state index in [1.165, 1.54) is 0 Å². The molecule has 1 N–H and O–H groups in total. The van der Waals surface area contributed by atoms with Gasteiger partial charge in [-0.05, 0) is 6.08 Å². The second-order valence-corrected chi connectivity index (χ2v) is 5.68. The van der Waals surface area contributed by atoms with Crippen LogP contribution in [0.3, 0.4) is 0 Å².